The van der Waals surface area contributed by atoms with Crippen LogP contribution in [-0.4, -0.2) is 11.6 Å². The Hall–Kier alpha value is -2.35. The number of fused-ring (bicyclic) bond motifs is 1. The number of hydrogen-bond acceptors (Lipinski definition) is 2. The molecule has 0 saturated carbocycles. The van der Waals surface area contributed by atoms with Gasteiger partial charge in [-0.1, -0.05) is 24.3 Å². The second kappa shape index (κ2) is 5.11. The van der Waals surface area contributed by atoms with Crippen molar-refractivity contribution in [3.05, 3.63) is 60.8 Å². The van der Waals surface area contributed by atoms with Gasteiger partial charge in [0, 0.05) is 11.6 Å². The minimum Gasteiger partial charge on any atom is -0.494 e. The first-order chi connectivity index (χ1) is 9.36. The van der Waals surface area contributed by atoms with E-state index in [1.807, 2.05) is 31.3 Å². The van der Waals surface area contributed by atoms with Crippen LogP contribution in [0.3, 0.4) is 0 Å². The molecular formula is C17H15NO. The highest BCUT2D eigenvalue weighted by atomic mass is 16.5. The normalized spacial score (nSPS) is 10.6. The van der Waals surface area contributed by atoms with Crippen LogP contribution in [0.5, 0.6) is 5.75 Å². The molecule has 0 N–H and O–H groups in total. The molecule has 3 rings (SSSR count). The molecule has 0 bridgehead atoms. The standard InChI is InChI=1S/C17H15NO/c1-2-19-16-8-5-13(6-9-16)14-7-10-17-15(12-14)4-3-11-18-17/h3-12H,2H2,1H3. The first-order valence-corrected chi connectivity index (χ1v) is 6.45. The van der Waals surface area contributed by atoms with Crippen LogP contribution < -0.4 is 4.74 Å². The first-order valence-electron chi connectivity index (χ1n) is 6.45. The van der Waals surface area contributed by atoms with Gasteiger partial charge < -0.3 is 4.74 Å². The molecule has 1 heterocycles. The van der Waals surface area contributed by atoms with Crippen molar-refractivity contribution in [2.45, 2.75) is 6.92 Å². The molecule has 0 fully saturated rings. The zero-order valence-corrected chi connectivity index (χ0v) is 10.8. The topological polar surface area (TPSA) is 22.1 Å². The molecule has 94 valence electrons. The molecule has 1 aromatic heterocycles. The zero-order chi connectivity index (χ0) is 13.1. The Balaban J connectivity index is 1.99. The maximum absolute atomic E-state index is 5.46. The third-order valence-electron chi connectivity index (χ3n) is 3.10. The molecule has 2 nitrogen and oxygen atoms in total. The van der Waals surface area contributed by atoms with Crippen LogP contribution in [0.15, 0.2) is 60.8 Å². The predicted octanol–water partition coefficient (Wildman–Crippen LogP) is 4.30. The van der Waals surface area contributed by atoms with E-state index in [-0.39, 0.29) is 0 Å². The van der Waals surface area contributed by atoms with Gasteiger partial charge in [-0.15, -0.1) is 0 Å². The van der Waals surface area contributed by atoms with Gasteiger partial charge in [-0.05, 0) is 48.4 Å². The predicted molar refractivity (Wildman–Crippen MR) is 78.3 cm³/mol. The van der Waals surface area contributed by atoms with Crippen molar-refractivity contribution in [3.63, 3.8) is 0 Å². The van der Waals surface area contributed by atoms with Crippen molar-refractivity contribution in [1.29, 1.82) is 0 Å². The molecule has 0 radical (unpaired) electrons. The van der Waals surface area contributed by atoms with Gasteiger partial charge >= 0.3 is 0 Å². The van der Waals surface area contributed by atoms with Gasteiger partial charge in [-0.3, -0.25) is 4.98 Å². The average molecular weight is 249 g/mol. The van der Waals surface area contributed by atoms with E-state index in [9.17, 15) is 0 Å². The third-order valence-corrected chi connectivity index (χ3v) is 3.10. The van der Waals surface area contributed by atoms with E-state index in [2.05, 4.69) is 41.4 Å². The van der Waals surface area contributed by atoms with E-state index in [1.54, 1.807) is 0 Å². The Morgan fingerprint density at radius 1 is 0.947 bits per heavy atom. The highest BCUT2D eigenvalue weighted by molar-refractivity contribution is 5.84. The van der Waals surface area contributed by atoms with E-state index in [0.29, 0.717) is 6.61 Å². The Morgan fingerprint density at radius 3 is 2.53 bits per heavy atom. The minimum absolute atomic E-state index is 0.695. The molecule has 0 amide bonds. The van der Waals surface area contributed by atoms with Gasteiger partial charge in [0.05, 0.1) is 12.1 Å². The van der Waals surface area contributed by atoms with Crippen molar-refractivity contribution < 1.29 is 4.74 Å². The quantitative estimate of drug-likeness (QED) is 0.690. The number of aromatic nitrogens is 1. The van der Waals surface area contributed by atoms with Crippen LogP contribution in [0, 0.1) is 0 Å². The number of ether oxygens (including phenoxy) is 1. The Bertz CT molecular complexity index is 689. The molecule has 19 heavy (non-hydrogen) atoms. The van der Waals surface area contributed by atoms with Crippen LogP contribution >= 0.6 is 0 Å². The Morgan fingerprint density at radius 2 is 1.74 bits per heavy atom. The lowest BCUT2D eigenvalue weighted by atomic mass is 10.0. The van der Waals surface area contributed by atoms with Crippen molar-refractivity contribution in [3.8, 4) is 16.9 Å². The van der Waals surface area contributed by atoms with Crippen molar-refractivity contribution in [2.24, 2.45) is 0 Å². The van der Waals surface area contributed by atoms with Gasteiger partial charge in [0.25, 0.3) is 0 Å². The summed E-state index contributed by atoms with van der Waals surface area (Å²) in [7, 11) is 0. The van der Waals surface area contributed by atoms with E-state index >= 15 is 0 Å². The second-order valence-corrected chi connectivity index (χ2v) is 4.37. The summed E-state index contributed by atoms with van der Waals surface area (Å²) in [4.78, 5) is 4.33. The maximum Gasteiger partial charge on any atom is 0.119 e. The summed E-state index contributed by atoms with van der Waals surface area (Å²) in [5.41, 5.74) is 3.41. The Kier molecular flexibility index (Phi) is 3.15. The van der Waals surface area contributed by atoms with Crippen molar-refractivity contribution in [1.82, 2.24) is 4.98 Å². The van der Waals surface area contributed by atoms with Gasteiger partial charge in [0.15, 0.2) is 0 Å². The number of nitrogens with zero attached hydrogens (tertiary/aromatic N) is 1. The van der Waals surface area contributed by atoms with Crippen molar-refractivity contribution >= 4 is 10.9 Å². The van der Waals surface area contributed by atoms with Gasteiger partial charge in [0.2, 0.25) is 0 Å². The van der Waals surface area contributed by atoms with E-state index in [4.69, 9.17) is 4.74 Å². The number of rotatable bonds is 3. The molecule has 0 aliphatic carbocycles. The molecule has 2 heteroatoms. The summed E-state index contributed by atoms with van der Waals surface area (Å²) in [6, 6.07) is 18.6. The number of benzene rings is 2. The molecular weight excluding hydrogens is 234 g/mol. The fourth-order valence-electron chi connectivity index (χ4n) is 2.17. The summed E-state index contributed by atoms with van der Waals surface area (Å²) in [6.07, 6.45) is 1.82. The van der Waals surface area contributed by atoms with Crippen LogP contribution in [0.2, 0.25) is 0 Å². The summed E-state index contributed by atoms with van der Waals surface area (Å²) >= 11 is 0. The van der Waals surface area contributed by atoms with E-state index in [0.717, 1.165) is 16.7 Å². The average Bonchev–Trinajstić information content (AvgIpc) is 2.48. The van der Waals surface area contributed by atoms with Crippen LogP contribution in [0.25, 0.3) is 22.0 Å². The van der Waals surface area contributed by atoms with E-state index < -0.39 is 0 Å². The van der Waals surface area contributed by atoms with E-state index in [1.165, 1.54) is 11.1 Å². The summed E-state index contributed by atoms with van der Waals surface area (Å²) in [5.74, 6) is 0.911. The number of hydrogen-bond donors (Lipinski definition) is 0. The van der Waals surface area contributed by atoms with Crippen LogP contribution in [0.1, 0.15) is 6.92 Å². The lowest BCUT2D eigenvalue weighted by molar-refractivity contribution is 0.340. The monoisotopic (exact) mass is 249 g/mol. The SMILES string of the molecule is CCOc1ccc(-c2ccc3ncccc3c2)cc1. The second-order valence-electron chi connectivity index (χ2n) is 4.37. The van der Waals surface area contributed by atoms with Gasteiger partial charge in [0.1, 0.15) is 5.75 Å². The summed E-state index contributed by atoms with van der Waals surface area (Å²) in [6.45, 7) is 2.69. The number of pyridine rings is 1. The highest BCUT2D eigenvalue weighted by Crippen LogP contribution is 2.25. The molecule has 0 atom stereocenters. The molecule has 0 spiro atoms. The fraction of sp³-hybridized carbons (Fsp3) is 0.118. The van der Waals surface area contributed by atoms with Crippen LogP contribution in [-0.2, 0) is 0 Å². The first kappa shape index (κ1) is 11.7. The summed E-state index contributed by atoms with van der Waals surface area (Å²) in [5, 5.41) is 1.16. The molecule has 0 unspecified atom stereocenters. The zero-order valence-electron chi connectivity index (χ0n) is 10.8. The molecule has 0 aliphatic heterocycles. The van der Waals surface area contributed by atoms with Gasteiger partial charge in [-0.25, -0.2) is 0 Å². The summed E-state index contributed by atoms with van der Waals surface area (Å²) < 4.78 is 5.46. The smallest absolute Gasteiger partial charge is 0.119 e. The molecule has 2 aromatic carbocycles. The lowest BCUT2D eigenvalue weighted by Crippen LogP contribution is -1.90. The largest absolute Gasteiger partial charge is 0.494 e. The third kappa shape index (κ3) is 2.43. The highest BCUT2D eigenvalue weighted by Gasteiger charge is 2.00. The van der Waals surface area contributed by atoms with Crippen molar-refractivity contribution in [2.75, 3.05) is 6.61 Å². The minimum atomic E-state index is 0.695. The Labute approximate surface area is 112 Å². The molecule has 0 aliphatic rings. The van der Waals surface area contributed by atoms with Crippen LogP contribution in [0.4, 0.5) is 0 Å². The lowest BCUT2D eigenvalue weighted by Gasteiger charge is -2.06. The van der Waals surface area contributed by atoms with Gasteiger partial charge in [-0.2, -0.15) is 0 Å². The molecule has 0 saturated heterocycles. The fourth-order valence-corrected chi connectivity index (χ4v) is 2.17. The maximum atomic E-state index is 5.46. The molecule has 3 aromatic rings.